The molecule has 0 unspecified atom stereocenters. The zero-order chi connectivity index (χ0) is 22.5. The summed E-state index contributed by atoms with van der Waals surface area (Å²) in [7, 11) is 1.33. The van der Waals surface area contributed by atoms with Gasteiger partial charge in [0.05, 0.1) is 12.6 Å². The zero-order valence-corrected chi connectivity index (χ0v) is 18.6. The molecule has 0 fully saturated rings. The van der Waals surface area contributed by atoms with Crippen molar-refractivity contribution in [3.05, 3.63) is 101 Å². The van der Waals surface area contributed by atoms with Gasteiger partial charge in [-0.05, 0) is 36.2 Å². The molecule has 162 valence electrons. The van der Waals surface area contributed by atoms with Crippen LogP contribution in [0.4, 0.5) is 4.39 Å². The van der Waals surface area contributed by atoms with Crippen LogP contribution >= 0.6 is 11.8 Å². The highest BCUT2D eigenvalue weighted by molar-refractivity contribution is 7.98. The molecule has 0 amide bonds. The van der Waals surface area contributed by atoms with Gasteiger partial charge in [-0.25, -0.2) is 14.2 Å². The van der Waals surface area contributed by atoms with E-state index in [9.17, 15) is 9.18 Å². The molecule has 4 aromatic rings. The number of hydrogen-bond acceptors (Lipinski definition) is 5. The van der Waals surface area contributed by atoms with Crippen LogP contribution < -0.4 is 4.74 Å². The number of thioether (sulfide) groups is 1. The van der Waals surface area contributed by atoms with Crippen molar-refractivity contribution in [2.45, 2.75) is 24.3 Å². The van der Waals surface area contributed by atoms with Gasteiger partial charge in [0.15, 0.2) is 0 Å². The molecule has 0 saturated heterocycles. The second-order valence-electron chi connectivity index (χ2n) is 7.29. The fourth-order valence-electron chi connectivity index (χ4n) is 3.42. The Labute approximate surface area is 190 Å². The van der Waals surface area contributed by atoms with Crippen LogP contribution in [-0.4, -0.2) is 18.1 Å². The van der Waals surface area contributed by atoms with E-state index in [1.165, 1.54) is 24.9 Å². The third-order valence-electron chi connectivity index (χ3n) is 4.99. The van der Waals surface area contributed by atoms with E-state index < -0.39 is 5.97 Å². The Morgan fingerprint density at radius 2 is 1.81 bits per heavy atom. The molecule has 6 heteroatoms. The van der Waals surface area contributed by atoms with E-state index in [1.54, 1.807) is 18.2 Å². The maximum absolute atomic E-state index is 14.1. The molecule has 0 bridgehead atoms. The molecule has 0 aliphatic rings. The van der Waals surface area contributed by atoms with Crippen molar-refractivity contribution >= 4 is 28.6 Å². The van der Waals surface area contributed by atoms with Crippen molar-refractivity contribution in [2.24, 2.45) is 0 Å². The molecule has 1 aromatic heterocycles. The molecule has 0 aliphatic carbocycles. The molecule has 0 aliphatic heterocycles. The Morgan fingerprint density at radius 3 is 2.59 bits per heavy atom. The summed E-state index contributed by atoms with van der Waals surface area (Å²) in [4.78, 5) is 17.5. The van der Waals surface area contributed by atoms with Crippen molar-refractivity contribution in [3.8, 4) is 5.75 Å². The van der Waals surface area contributed by atoms with Gasteiger partial charge in [-0.15, -0.1) is 11.8 Å². The number of aryl methyl sites for hydroxylation is 1. The lowest BCUT2D eigenvalue weighted by Crippen LogP contribution is -2.10. The third-order valence-corrected chi connectivity index (χ3v) is 6.01. The quantitative estimate of drug-likeness (QED) is 0.244. The Morgan fingerprint density at radius 1 is 1.03 bits per heavy atom. The highest BCUT2D eigenvalue weighted by Gasteiger charge is 2.24. The summed E-state index contributed by atoms with van der Waals surface area (Å²) >= 11 is 1.28. The highest BCUT2D eigenvalue weighted by atomic mass is 32.2. The average Bonchev–Trinajstić information content (AvgIpc) is 2.81. The highest BCUT2D eigenvalue weighted by Crippen LogP contribution is 2.37. The van der Waals surface area contributed by atoms with Gasteiger partial charge >= 0.3 is 5.97 Å². The lowest BCUT2D eigenvalue weighted by atomic mass is 10.1. The summed E-state index contributed by atoms with van der Waals surface area (Å²) in [5.74, 6) is -0.103. The smallest absolute Gasteiger partial charge is 0.344 e. The van der Waals surface area contributed by atoms with E-state index in [2.05, 4.69) is 4.98 Å². The van der Waals surface area contributed by atoms with Crippen LogP contribution in [0, 0.1) is 12.7 Å². The maximum atomic E-state index is 14.1. The van der Waals surface area contributed by atoms with Crippen LogP contribution in [0.3, 0.4) is 0 Å². The Kier molecular flexibility index (Phi) is 6.71. The lowest BCUT2D eigenvalue weighted by Gasteiger charge is -2.16. The molecule has 0 spiro atoms. The van der Waals surface area contributed by atoms with E-state index in [-0.39, 0.29) is 18.0 Å². The second-order valence-corrected chi connectivity index (χ2v) is 8.25. The molecule has 0 saturated carbocycles. The van der Waals surface area contributed by atoms with Gasteiger partial charge in [0.1, 0.15) is 28.8 Å². The largest absolute Gasteiger partial charge is 0.487 e. The average molecular weight is 448 g/mol. The molecule has 4 nitrogen and oxygen atoms in total. The topological polar surface area (TPSA) is 48.4 Å². The molecular formula is C26H22FNO3S. The van der Waals surface area contributed by atoms with Gasteiger partial charge in [0.25, 0.3) is 0 Å². The van der Waals surface area contributed by atoms with Gasteiger partial charge < -0.3 is 9.47 Å². The number of pyridine rings is 1. The van der Waals surface area contributed by atoms with Crippen molar-refractivity contribution in [1.82, 2.24) is 4.98 Å². The first-order valence-electron chi connectivity index (χ1n) is 10.1. The number of hydrogen-bond donors (Lipinski definition) is 0. The maximum Gasteiger partial charge on any atom is 0.344 e. The second kappa shape index (κ2) is 9.83. The molecule has 32 heavy (non-hydrogen) atoms. The third kappa shape index (κ3) is 4.75. The predicted molar refractivity (Wildman–Crippen MR) is 125 cm³/mol. The number of rotatable bonds is 7. The summed E-state index contributed by atoms with van der Waals surface area (Å²) in [5.41, 5.74) is 3.59. The number of esters is 1. The summed E-state index contributed by atoms with van der Waals surface area (Å²) in [6.07, 6.45) is 0. The number of nitrogens with zero attached hydrogens (tertiary/aromatic N) is 1. The number of methoxy groups -OCH3 is 1. The van der Waals surface area contributed by atoms with Crippen LogP contribution in [0.25, 0.3) is 10.9 Å². The van der Waals surface area contributed by atoms with Gasteiger partial charge in [0.2, 0.25) is 0 Å². The van der Waals surface area contributed by atoms with Gasteiger partial charge in [-0.2, -0.15) is 0 Å². The summed E-state index contributed by atoms with van der Waals surface area (Å²) in [6, 6.07) is 22.0. The molecule has 4 rings (SSSR count). The van der Waals surface area contributed by atoms with Crippen LogP contribution in [0.1, 0.15) is 27.0 Å². The first-order valence-corrected chi connectivity index (χ1v) is 11.1. The first kappa shape index (κ1) is 21.8. The van der Waals surface area contributed by atoms with Gasteiger partial charge in [-0.3, -0.25) is 0 Å². The molecule has 0 atom stereocenters. The van der Waals surface area contributed by atoms with Gasteiger partial charge in [-0.1, -0.05) is 60.2 Å². The van der Waals surface area contributed by atoms with Gasteiger partial charge in [0, 0.05) is 11.1 Å². The molecule has 0 N–H and O–H groups in total. The number of para-hydroxylation sites is 1. The minimum Gasteiger partial charge on any atom is -0.487 e. The molecule has 0 radical (unpaired) electrons. The van der Waals surface area contributed by atoms with Crippen LogP contribution in [0.5, 0.6) is 5.75 Å². The number of ether oxygens (including phenoxy) is 2. The van der Waals surface area contributed by atoms with E-state index in [1.807, 2.05) is 55.5 Å². The Hall–Kier alpha value is -3.38. The predicted octanol–water partition coefficient (Wildman–Crippen LogP) is 6.34. The fourth-order valence-corrected chi connectivity index (χ4v) is 4.43. The number of fused-ring (bicyclic) bond motifs is 1. The van der Waals surface area contributed by atoms with Crippen LogP contribution in [0.15, 0.2) is 77.8 Å². The van der Waals surface area contributed by atoms with E-state index in [0.717, 1.165) is 16.5 Å². The van der Waals surface area contributed by atoms with Crippen LogP contribution in [0.2, 0.25) is 0 Å². The van der Waals surface area contributed by atoms with Crippen molar-refractivity contribution in [1.29, 1.82) is 0 Å². The summed E-state index contributed by atoms with van der Waals surface area (Å²) < 4.78 is 25.4. The van der Waals surface area contributed by atoms with Crippen molar-refractivity contribution < 1.29 is 18.7 Å². The van der Waals surface area contributed by atoms with E-state index in [0.29, 0.717) is 27.6 Å². The number of halogens is 1. The summed E-state index contributed by atoms with van der Waals surface area (Å²) in [6.45, 7) is 2.31. The fraction of sp³-hybridized carbons (Fsp3) is 0.154. The lowest BCUT2D eigenvalue weighted by molar-refractivity contribution is 0.0590. The minimum atomic E-state index is -0.543. The zero-order valence-electron chi connectivity index (χ0n) is 17.8. The Bertz CT molecular complexity index is 1280. The van der Waals surface area contributed by atoms with E-state index >= 15 is 0 Å². The monoisotopic (exact) mass is 447 g/mol. The molecule has 3 aromatic carbocycles. The van der Waals surface area contributed by atoms with Crippen molar-refractivity contribution in [2.75, 3.05) is 7.11 Å². The standard InChI is InChI=1S/C26H22FNO3S/c1-17-8-7-9-18(14-17)15-31-24-20-11-4-6-13-22(20)28-25(23(24)26(29)30-2)32-16-19-10-3-5-12-21(19)27/h3-14H,15-16H2,1-2H3. The van der Waals surface area contributed by atoms with E-state index in [4.69, 9.17) is 9.47 Å². The molecule has 1 heterocycles. The Balaban J connectivity index is 1.77. The number of benzene rings is 3. The van der Waals surface area contributed by atoms with Crippen LogP contribution in [-0.2, 0) is 17.1 Å². The number of carbonyl (C=O) groups excluding carboxylic acids is 1. The van der Waals surface area contributed by atoms with Crippen molar-refractivity contribution in [3.63, 3.8) is 0 Å². The minimum absolute atomic E-state index is 0.250. The number of carbonyl (C=O) groups is 1. The SMILES string of the molecule is COC(=O)c1c(SCc2ccccc2F)nc2ccccc2c1OCc1cccc(C)c1. The number of aromatic nitrogens is 1. The first-order chi connectivity index (χ1) is 15.6. The summed E-state index contributed by atoms with van der Waals surface area (Å²) in [5, 5.41) is 1.16. The normalized spacial score (nSPS) is 10.8. The molecular weight excluding hydrogens is 425 g/mol.